The van der Waals surface area contributed by atoms with Crippen LogP contribution in [0.2, 0.25) is 0 Å². The fourth-order valence-electron chi connectivity index (χ4n) is 4.22. The molecule has 2 aromatic heterocycles. The van der Waals surface area contributed by atoms with Gasteiger partial charge in [-0.15, -0.1) is 11.3 Å². The molecule has 0 saturated heterocycles. The fourth-order valence-corrected chi connectivity index (χ4v) is 7.56. The molecular weight excluding hydrogens is 540 g/mol. The van der Waals surface area contributed by atoms with E-state index in [9.17, 15) is 18.0 Å². The molecule has 4 aromatic rings. The van der Waals surface area contributed by atoms with Gasteiger partial charge in [-0.05, 0) is 31.2 Å². The van der Waals surface area contributed by atoms with E-state index in [1.807, 2.05) is 48.5 Å². The zero-order valence-electron chi connectivity index (χ0n) is 20.2. The number of rotatable bonds is 5. The highest BCUT2D eigenvalue weighted by atomic mass is 32.2. The van der Waals surface area contributed by atoms with Crippen molar-refractivity contribution in [3.8, 4) is 5.75 Å². The Bertz CT molecular complexity index is 1650. The van der Waals surface area contributed by atoms with Crippen LogP contribution in [-0.2, 0) is 19.3 Å². The van der Waals surface area contributed by atoms with Gasteiger partial charge in [0.1, 0.15) is 20.0 Å². The zero-order valence-corrected chi connectivity index (χ0v) is 22.7. The highest BCUT2D eigenvalue weighted by Gasteiger charge is 2.34. The van der Waals surface area contributed by atoms with E-state index in [4.69, 9.17) is 4.74 Å². The molecule has 0 spiro atoms. The SMILES string of the molecule is CCn1c(=O)/c(=C2\Sc3cc(OC)ccc3N2C)s/c1=C\c1scc[n+]1Cc1ccccc1C(F)(F)F. The maximum atomic E-state index is 13.5. The standard InChI is InChI=1S/C26H23F3N3O2S3/c1-4-32-22(14-21-31(11-12-35-21)15-16-7-5-6-8-18(16)26(27,28)29)37-23(24(32)33)25-30(2)19-10-9-17(34-3)13-20(19)36-25/h5-14H,4,15H2,1-3H3/q+1/b25-23+. The first-order valence-electron chi connectivity index (χ1n) is 11.4. The number of halogens is 3. The highest BCUT2D eigenvalue weighted by molar-refractivity contribution is 8.08. The van der Waals surface area contributed by atoms with E-state index in [1.54, 1.807) is 28.5 Å². The molecule has 0 radical (unpaired) electrons. The van der Waals surface area contributed by atoms with E-state index in [2.05, 4.69) is 0 Å². The molecule has 0 atom stereocenters. The van der Waals surface area contributed by atoms with Crippen molar-refractivity contribution in [3.05, 3.63) is 89.7 Å². The van der Waals surface area contributed by atoms with Crippen LogP contribution >= 0.6 is 34.4 Å². The summed E-state index contributed by atoms with van der Waals surface area (Å²) in [6.07, 6.45) is -0.769. The Labute approximate surface area is 223 Å². The number of anilines is 1. The number of thioether (sulfide) groups is 1. The first-order chi connectivity index (χ1) is 17.7. The zero-order chi connectivity index (χ0) is 26.3. The predicted octanol–water partition coefficient (Wildman–Crippen LogP) is 4.49. The Morgan fingerprint density at radius 1 is 1.16 bits per heavy atom. The number of hydrogen-bond donors (Lipinski definition) is 0. The molecule has 0 unspecified atom stereocenters. The van der Waals surface area contributed by atoms with Gasteiger partial charge >= 0.3 is 6.18 Å². The van der Waals surface area contributed by atoms with Crippen molar-refractivity contribution in [1.82, 2.24) is 4.57 Å². The lowest BCUT2D eigenvalue weighted by molar-refractivity contribution is -0.685. The minimum absolute atomic E-state index is 0.0761. The van der Waals surface area contributed by atoms with Crippen LogP contribution in [0.25, 0.3) is 11.1 Å². The van der Waals surface area contributed by atoms with Crippen LogP contribution in [0.3, 0.4) is 0 Å². The summed E-state index contributed by atoms with van der Waals surface area (Å²) >= 11 is 4.34. The van der Waals surface area contributed by atoms with Crippen LogP contribution < -0.4 is 29.0 Å². The van der Waals surface area contributed by atoms with Gasteiger partial charge in [0.25, 0.3) is 10.6 Å². The quantitative estimate of drug-likeness (QED) is 0.336. The van der Waals surface area contributed by atoms with E-state index in [1.165, 1.54) is 46.6 Å². The van der Waals surface area contributed by atoms with E-state index >= 15 is 0 Å². The van der Waals surface area contributed by atoms with Crippen LogP contribution in [0.5, 0.6) is 5.75 Å². The van der Waals surface area contributed by atoms with Gasteiger partial charge in [-0.2, -0.15) is 17.7 Å². The van der Waals surface area contributed by atoms with Crippen LogP contribution in [0, 0.1) is 0 Å². The van der Waals surface area contributed by atoms with Gasteiger partial charge in [-0.3, -0.25) is 9.36 Å². The molecule has 0 N–H and O–H groups in total. The summed E-state index contributed by atoms with van der Waals surface area (Å²) in [5, 5.41) is 3.44. The van der Waals surface area contributed by atoms with Crippen LogP contribution in [-0.4, -0.2) is 18.7 Å². The fraction of sp³-hybridized carbons (Fsp3) is 0.231. The first-order valence-corrected chi connectivity index (χ1v) is 13.9. The number of aromatic nitrogens is 2. The summed E-state index contributed by atoms with van der Waals surface area (Å²) in [6.45, 7) is 2.46. The van der Waals surface area contributed by atoms with Gasteiger partial charge in [0.2, 0.25) is 0 Å². The number of ether oxygens (including phenoxy) is 1. The third kappa shape index (κ3) is 4.83. The van der Waals surface area contributed by atoms with Gasteiger partial charge in [0.15, 0.2) is 12.7 Å². The molecule has 0 aliphatic carbocycles. The lowest BCUT2D eigenvalue weighted by atomic mass is 10.1. The molecule has 0 bridgehead atoms. The Morgan fingerprint density at radius 2 is 1.95 bits per heavy atom. The molecular formula is C26H23F3N3O2S3+. The van der Waals surface area contributed by atoms with Gasteiger partial charge in [-0.1, -0.05) is 41.3 Å². The number of hydrogen-bond acceptors (Lipinski definition) is 6. The smallest absolute Gasteiger partial charge is 0.416 e. The summed E-state index contributed by atoms with van der Waals surface area (Å²) < 4.78 is 50.8. The van der Waals surface area contributed by atoms with Gasteiger partial charge < -0.3 is 9.64 Å². The van der Waals surface area contributed by atoms with Crippen molar-refractivity contribution in [2.75, 3.05) is 19.1 Å². The second-order valence-corrected chi connectivity index (χ2v) is 11.3. The lowest BCUT2D eigenvalue weighted by Crippen LogP contribution is -2.37. The summed E-state index contributed by atoms with van der Waals surface area (Å²) in [6, 6.07) is 11.4. The minimum Gasteiger partial charge on any atom is -0.497 e. The van der Waals surface area contributed by atoms with Crippen molar-refractivity contribution in [3.63, 3.8) is 0 Å². The largest absolute Gasteiger partial charge is 0.497 e. The van der Waals surface area contributed by atoms with Crippen molar-refractivity contribution in [1.29, 1.82) is 0 Å². The third-order valence-electron chi connectivity index (χ3n) is 6.09. The molecule has 5 rings (SSSR count). The molecule has 0 saturated carbocycles. The van der Waals surface area contributed by atoms with Crippen molar-refractivity contribution >= 4 is 51.2 Å². The second kappa shape index (κ2) is 10.0. The maximum absolute atomic E-state index is 13.5. The van der Waals surface area contributed by atoms with E-state index in [-0.39, 0.29) is 17.7 Å². The van der Waals surface area contributed by atoms with Crippen molar-refractivity contribution in [2.45, 2.75) is 31.1 Å². The number of benzene rings is 2. The molecule has 5 nitrogen and oxygen atoms in total. The molecule has 1 aliphatic heterocycles. The number of alkyl halides is 3. The Morgan fingerprint density at radius 3 is 2.68 bits per heavy atom. The molecule has 192 valence electrons. The van der Waals surface area contributed by atoms with Crippen LogP contribution in [0.15, 0.2) is 63.7 Å². The molecule has 0 amide bonds. The minimum atomic E-state index is -4.42. The Balaban J connectivity index is 1.58. The van der Waals surface area contributed by atoms with Crippen molar-refractivity contribution in [2.24, 2.45) is 0 Å². The summed E-state index contributed by atoms with van der Waals surface area (Å²) in [7, 11) is 3.56. The predicted molar refractivity (Wildman–Crippen MR) is 143 cm³/mol. The van der Waals surface area contributed by atoms with E-state index in [0.717, 1.165) is 37.1 Å². The average molecular weight is 563 g/mol. The number of thiazole rings is 2. The molecule has 1 aliphatic rings. The van der Waals surface area contributed by atoms with Gasteiger partial charge in [0.05, 0.1) is 29.8 Å². The average Bonchev–Trinajstić information content (AvgIpc) is 3.54. The monoisotopic (exact) mass is 562 g/mol. The normalized spacial score (nSPS) is 15.4. The highest BCUT2D eigenvalue weighted by Crippen LogP contribution is 2.46. The molecule has 11 heteroatoms. The summed E-state index contributed by atoms with van der Waals surface area (Å²) in [4.78, 5) is 16.4. The molecule has 37 heavy (non-hydrogen) atoms. The van der Waals surface area contributed by atoms with Gasteiger partial charge in [0, 0.05) is 24.1 Å². The number of methoxy groups -OCH3 is 1. The van der Waals surface area contributed by atoms with E-state index < -0.39 is 11.7 Å². The molecule has 3 heterocycles. The number of nitrogens with zero attached hydrogens (tertiary/aromatic N) is 3. The van der Waals surface area contributed by atoms with Crippen LogP contribution in [0.1, 0.15) is 23.1 Å². The van der Waals surface area contributed by atoms with Gasteiger partial charge in [-0.25, -0.2) is 0 Å². The number of fused-ring (bicyclic) bond motifs is 1. The first kappa shape index (κ1) is 25.6. The molecule has 0 fully saturated rings. The third-order valence-corrected chi connectivity index (χ3v) is 9.40. The maximum Gasteiger partial charge on any atom is 0.416 e. The lowest BCUT2D eigenvalue weighted by Gasteiger charge is -2.12. The summed E-state index contributed by atoms with van der Waals surface area (Å²) in [5.41, 5.74) is 0.470. The Hall–Kier alpha value is -3.02. The van der Waals surface area contributed by atoms with Crippen LogP contribution in [0.4, 0.5) is 18.9 Å². The summed E-state index contributed by atoms with van der Waals surface area (Å²) in [5.74, 6) is 0.751. The topological polar surface area (TPSA) is 38.4 Å². The Kier molecular flexibility index (Phi) is 6.95. The van der Waals surface area contributed by atoms with E-state index in [0.29, 0.717) is 11.1 Å². The second-order valence-electron chi connectivity index (χ2n) is 8.29. The van der Waals surface area contributed by atoms with Crippen molar-refractivity contribution < 1.29 is 22.5 Å². The molecule has 2 aromatic carbocycles.